The lowest BCUT2D eigenvalue weighted by atomic mass is 9.82. The smallest absolute Gasteiger partial charge is 0.0351 e. The van der Waals surface area contributed by atoms with Crippen LogP contribution in [0.4, 0.5) is 0 Å². The van der Waals surface area contributed by atoms with E-state index in [-0.39, 0.29) is 17.0 Å². The molecule has 0 spiro atoms. The third kappa shape index (κ3) is 2.60. The fourth-order valence-electron chi connectivity index (χ4n) is 3.88. The summed E-state index contributed by atoms with van der Waals surface area (Å²) in [6.07, 6.45) is 2.65. The van der Waals surface area contributed by atoms with Crippen LogP contribution in [0.5, 0.6) is 0 Å². The number of fused-ring (bicyclic) bond motifs is 3. The van der Waals surface area contributed by atoms with Gasteiger partial charge >= 0.3 is 0 Å². The van der Waals surface area contributed by atoms with Gasteiger partial charge in [-0.1, -0.05) is 58.4 Å². The molecule has 0 saturated carbocycles. The molecule has 2 atom stereocenters. The summed E-state index contributed by atoms with van der Waals surface area (Å²) in [4.78, 5) is 2.67. The lowest BCUT2D eigenvalue weighted by Gasteiger charge is -2.37. The van der Waals surface area contributed by atoms with Crippen molar-refractivity contribution in [1.82, 2.24) is 4.90 Å². The number of benzene rings is 2. The fourth-order valence-corrected chi connectivity index (χ4v) is 4.45. The van der Waals surface area contributed by atoms with E-state index >= 15 is 0 Å². The molecule has 4 rings (SSSR count). The molecule has 0 aromatic heterocycles. The highest BCUT2D eigenvalue weighted by Crippen LogP contribution is 2.45. The van der Waals surface area contributed by atoms with E-state index in [4.69, 9.17) is 0 Å². The first-order valence-corrected chi connectivity index (χ1v) is 8.21. The minimum absolute atomic E-state index is 0. The molecule has 1 saturated heterocycles. The molecule has 2 aliphatic rings. The van der Waals surface area contributed by atoms with Gasteiger partial charge in [0, 0.05) is 23.0 Å². The van der Waals surface area contributed by atoms with E-state index in [9.17, 15) is 0 Å². The van der Waals surface area contributed by atoms with Crippen LogP contribution in [-0.2, 0) is 0 Å². The molecule has 2 heterocycles. The lowest BCUT2D eigenvalue weighted by molar-refractivity contribution is 0.230. The van der Waals surface area contributed by atoms with Gasteiger partial charge in [0.15, 0.2) is 0 Å². The fraction of sp³-hybridized carbons (Fsp3) is 0.333. The maximum atomic E-state index is 3.74. The molecule has 2 aromatic carbocycles. The van der Waals surface area contributed by atoms with Crippen LogP contribution in [0.2, 0.25) is 0 Å². The van der Waals surface area contributed by atoms with Crippen molar-refractivity contribution >= 4 is 32.9 Å². The van der Waals surface area contributed by atoms with Crippen molar-refractivity contribution in [3.8, 4) is 0 Å². The van der Waals surface area contributed by atoms with Gasteiger partial charge in [0.1, 0.15) is 0 Å². The monoisotopic (exact) mass is 407 g/mol. The Balaban J connectivity index is 0.00000132. The number of hydrogen-bond acceptors (Lipinski definition) is 1. The van der Waals surface area contributed by atoms with Crippen LogP contribution < -0.4 is 0 Å². The second-order valence-corrected chi connectivity index (χ2v) is 6.71. The molecule has 0 N–H and O–H groups in total. The summed E-state index contributed by atoms with van der Waals surface area (Å²) >= 11 is 3.74. The molecule has 0 radical (unpaired) electrons. The van der Waals surface area contributed by atoms with Crippen molar-refractivity contribution in [2.24, 2.45) is 0 Å². The summed E-state index contributed by atoms with van der Waals surface area (Å²) in [5, 5.41) is 0. The molecular weight excluding hydrogens is 390 g/mol. The highest BCUT2D eigenvalue weighted by atomic mass is 79.9. The molecule has 1 nitrogen and oxygen atoms in total. The summed E-state index contributed by atoms with van der Waals surface area (Å²) in [6, 6.07) is 18.4. The molecule has 0 aliphatic carbocycles. The zero-order chi connectivity index (χ0) is 13.5. The largest absolute Gasteiger partial charge is 0.295 e. The average Bonchev–Trinajstić information content (AvgIpc) is 2.96. The summed E-state index contributed by atoms with van der Waals surface area (Å²) in [5.41, 5.74) is 4.50. The van der Waals surface area contributed by atoms with Crippen molar-refractivity contribution in [2.45, 2.75) is 24.8 Å². The van der Waals surface area contributed by atoms with Crippen molar-refractivity contribution in [3.63, 3.8) is 0 Å². The maximum Gasteiger partial charge on any atom is 0.0351 e. The first kappa shape index (κ1) is 15.3. The van der Waals surface area contributed by atoms with Crippen LogP contribution >= 0.6 is 32.9 Å². The van der Waals surface area contributed by atoms with E-state index in [0.29, 0.717) is 12.0 Å². The molecule has 3 heteroatoms. The van der Waals surface area contributed by atoms with Crippen molar-refractivity contribution in [3.05, 3.63) is 69.7 Å². The van der Waals surface area contributed by atoms with E-state index in [1.54, 1.807) is 5.56 Å². The first-order chi connectivity index (χ1) is 9.84. The number of halogens is 2. The van der Waals surface area contributed by atoms with E-state index in [2.05, 4.69) is 69.4 Å². The molecule has 0 unspecified atom stereocenters. The average molecular weight is 409 g/mol. The van der Waals surface area contributed by atoms with E-state index < -0.39 is 0 Å². The third-order valence-electron chi connectivity index (χ3n) is 4.79. The molecule has 2 aliphatic heterocycles. The molecule has 1 fully saturated rings. The lowest BCUT2D eigenvalue weighted by Crippen LogP contribution is -2.34. The zero-order valence-electron chi connectivity index (χ0n) is 11.8. The third-order valence-corrected chi connectivity index (χ3v) is 5.51. The van der Waals surface area contributed by atoms with Crippen LogP contribution in [0.25, 0.3) is 0 Å². The molecule has 21 heavy (non-hydrogen) atoms. The first-order valence-electron chi connectivity index (χ1n) is 7.42. The van der Waals surface area contributed by atoms with Gasteiger partial charge in [0.2, 0.25) is 0 Å². The summed E-state index contributed by atoms with van der Waals surface area (Å²) in [6.45, 7) is 2.41. The number of hydrogen-bond donors (Lipinski definition) is 0. The van der Waals surface area contributed by atoms with Crippen molar-refractivity contribution in [2.75, 3.05) is 13.1 Å². The highest BCUT2D eigenvalue weighted by Gasteiger charge is 2.36. The number of nitrogens with zero attached hydrogens (tertiary/aromatic N) is 1. The van der Waals surface area contributed by atoms with E-state index in [1.807, 2.05) is 0 Å². The second kappa shape index (κ2) is 6.23. The summed E-state index contributed by atoms with van der Waals surface area (Å²) in [7, 11) is 0. The summed E-state index contributed by atoms with van der Waals surface area (Å²) < 4.78 is 1.23. The predicted molar refractivity (Wildman–Crippen MR) is 96.3 cm³/mol. The van der Waals surface area contributed by atoms with Crippen LogP contribution in [0.1, 0.15) is 41.5 Å². The predicted octanol–water partition coefficient (Wildman–Crippen LogP) is 5.31. The van der Waals surface area contributed by atoms with E-state index in [1.165, 1.54) is 35.0 Å². The topological polar surface area (TPSA) is 3.24 Å². The zero-order valence-corrected chi connectivity index (χ0v) is 15.1. The van der Waals surface area contributed by atoms with Crippen molar-refractivity contribution in [1.29, 1.82) is 0 Å². The number of rotatable bonds is 1. The Labute approximate surface area is 145 Å². The summed E-state index contributed by atoms with van der Waals surface area (Å²) in [5.74, 6) is 0.496. The Bertz CT molecular complexity index is 641. The minimum atomic E-state index is 0. The van der Waals surface area contributed by atoms with Crippen LogP contribution in [0, 0.1) is 0 Å². The van der Waals surface area contributed by atoms with Crippen molar-refractivity contribution < 1.29 is 0 Å². The molecule has 110 valence electrons. The molecule has 2 aromatic rings. The normalized spacial score (nSPS) is 24.0. The Kier molecular flexibility index (Phi) is 4.53. The van der Waals surface area contributed by atoms with Crippen LogP contribution in [0.15, 0.2) is 53.0 Å². The van der Waals surface area contributed by atoms with Gasteiger partial charge in [-0.3, -0.25) is 4.90 Å². The second-order valence-electron chi connectivity index (χ2n) is 5.86. The Morgan fingerprint density at radius 3 is 2.33 bits per heavy atom. The molecule has 0 bridgehead atoms. The molecule has 0 amide bonds. The maximum absolute atomic E-state index is 3.74. The minimum Gasteiger partial charge on any atom is -0.295 e. The highest BCUT2D eigenvalue weighted by molar-refractivity contribution is 9.10. The standard InChI is InChI=1S/C18H18BrN.BrH/c19-17-9-4-3-7-14(17)16-12-20-11-5-10-18(20)15-8-2-1-6-13(15)16;/h1-4,6-9,16,18H,5,10-12H2;1H/t16-,18-;/m1./s1. The SMILES string of the molecule is Br.Brc1ccccc1[C@@H]1CN2CCC[C@@H]2c2ccccc21. The Morgan fingerprint density at radius 2 is 1.57 bits per heavy atom. The van der Waals surface area contributed by atoms with Gasteiger partial charge in [-0.25, -0.2) is 0 Å². The Morgan fingerprint density at radius 1 is 0.905 bits per heavy atom. The van der Waals surface area contributed by atoms with Crippen LogP contribution in [0.3, 0.4) is 0 Å². The van der Waals surface area contributed by atoms with Gasteiger partial charge < -0.3 is 0 Å². The van der Waals surface area contributed by atoms with Gasteiger partial charge in [-0.2, -0.15) is 0 Å². The van der Waals surface area contributed by atoms with Gasteiger partial charge in [-0.05, 0) is 42.1 Å². The van der Waals surface area contributed by atoms with Gasteiger partial charge in [-0.15, -0.1) is 17.0 Å². The van der Waals surface area contributed by atoms with Gasteiger partial charge in [0.25, 0.3) is 0 Å². The van der Waals surface area contributed by atoms with Gasteiger partial charge in [0.05, 0.1) is 0 Å². The Hall–Kier alpha value is -0.640. The van der Waals surface area contributed by atoms with E-state index in [0.717, 1.165) is 6.54 Å². The molecular formula is C18H19Br2N. The van der Waals surface area contributed by atoms with Crippen LogP contribution in [-0.4, -0.2) is 18.0 Å². The quantitative estimate of drug-likeness (QED) is 0.617.